The normalized spacial score (nSPS) is 17.4. The Hall–Kier alpha value is -1.55. The first-order valence-corrected chi connectivity index (χ1v) is 7.09. The Labute approximate surface area is 121 Å². The molecule has 0 amide bonds. The Morgan fingerprint density at radius 2 is 2.10 bits per heavy atom. The molecule has 0 saturated heterocycles. The average Bonchev–Trinajstić information content (AvgIpc) is 3.21. The van der Waals surface area contributed by atoms with Crippen LogP contribution in [-0.2, 0) is 9.53 Å². The fourth-order valence-electron chi connectivity index (χ4n) is 2.62. The standard InChI is InChI=1S/C16H24N2O2/c1-12-7-5-6-8-14(12)18(3)11-16(2,15(19)20-4)17-13-9-10-13/h5-8,13,17H,9-11H2,1-4H3. The maximum atomic E-state index is 12.1. The van der Waals surface area contributed by atoms with Crippen LogP contribution in [0.3, 0.4) is 0 Å². The number of aryl methyl sites for hydroxylation is 1. The van der Waals surface area contributed by atoms with Gasteiger partial charge in [0.15, 0.2) is 0 Å². The van der Waals surface area contributed by atoms with Gasteiger partial charge in [-0.05, 0) is 38.3 Å². The molecule has 0 bridgehead atoms. The van der Waals surface area contributed by atoms with Crippen LogP contribution in [0.15, 0.2) is 24.3 Å². The van der Waals surface area contributed by atoms with Crippen LogP contribution < -0.4 is 10.2 Å². The van der Waals surface area contributed by atoms with Crippen molar-refractivity contribution < 1.29 is 9.53 Å². The van der Waals surface area contributed by atoms with E-state index < -0.39 is 5.54 Å². The van der Waals surface area contributed by atoms with Crippen molar-refractivity contribution in [3.63, 3.8) is 0 Å². The summed E-state index contributed by atoms with van der Waals surface area (Å²) in [6.45, 7) is 4.59. The summed E-state index contributed by atoms with van der Waals surface area (Å²) in [6, 6.07) is 8.64. The molecule has 0 radical (unpaired) electrons. The predicted octanol–water partition coefficient (Wildman–Crippen LogP) is 2.11. The number of methoxy groups -OCH3 is 1. The van der Waals surface area contributed by atoms with Gasteiger partial charge in [0.1, 0.15) is 5.54 Å². The fourth-order valence-corrected chi connectivity index (χ4v) is 2.62. The van der Waals surface area contributed by atoms with Crippen molar-refractivity contribution in [3.8, 4) is 0 Å². The second-order valence-electron chi connectivity index (χ2n) is 5.88. The summed E-state index contributed by atoms with van der Waals surface area (Å²) in [5.74, 6) is -0.204. The smallest absolute Gasteiger partial charge is 0.327 e. The van der Waals surface area contributed by atoms with E-state index >= 15 is 0 Å². The molecule has 20 heavy (non-hydrogen) atoms. The first-order chi connectivity index (χ1) is 9.46. The Balaban J connectivity index is 2.14. The van der Waals surface area contributed by atoms with Crippen LogP contribution in [0.2, 0.25) is 0 Å². The first kappa shape index (κ1) is 14.9. The van der Waals surface area contributed by atoms with Gasteiger partial charge in [-0.3, -0.25) is 5.32 Å². The molecule has 1 atom stereocenters. The summed E-state index contributed by atoms with van der Waals surface area (Å²) in [5, 5.41) is 3.42. The van der Waals surface area contributed by atoms with Crippen molar-refractivity contribution in [3.05, 3.63) is 29.8 Å². The van der Waals surface area contributed by atoms with Crippen molar-refractivity contribution in [2.75, 3.05) is 25.6 Å². The molecule has 4 heteroatoms. The molecule has 2 rings (SSSR count). The quantitative estimate of drug-likeness (QED) is 0.808. The molecule has 1 unspecified atom stereocenters. The molecular weight excluding hydrogens is 252 g/mol. The number of benzene rings is 1. The van der Waals surface area contributed by atoms with Crippen LogP contribution in [-0.4, -0.2) is 38.3 Å². The summed E-state index contributed by atoms with van der Waals surface area (Å²) in [6.07, 6.45) is 2.28. The topological polar surface area (TPSA) is 41.6 Å². The fraction of sp³-hybridized carbons (Fsp3) is 0.562. The molecule has 1 fully saturated rings. The second-order valence-corrected chi connectivity index (χ2v) is 5.88. The molecule has 0 heterocycles. The van der Waals surface area contributed by atoms with Crippen molar-refractivity contribution >= 4 is 11.7 Å². The third-order valence-corrected chi connectivity index (χ3v) is 3.82. The van der Waals surface area contributed by atoms with E-state index in [1.165, 1.54) is 12.7 Å². The van der Waals surface area contributed by atoms with E-state index in [9.17, 15) is 4.79 Å². The molecule has 1 N–H and O–H groups in total. The number of esters is 1. The number of hydrogen-bond acceptors (Lipinski definition) is 4. The number of nitrogens with one attached hydrogen (secondary N) is 1. The molecule has 110 valence electrons. The van der Waals surface area contributed by atoms with Crippen LogP contribution in [0, 0.1) is 6.92 Å². The third-order valence-electron chi connectivity index (χ3n) is 3.82. The van der Waals surface area contributed by atoms with Crippen molar-refractivity contribution in [2.24, 2.45) is 0 Å². The highest BCUT2D eigenvalue weighted by Crippen LogP contribution is 2.25. The van der Waals surface area contributed by atoms with Gasteiger partial charge in [0.25, 0.3) is 0 Å². The lowest BCUT2D eigenvalue weighted by Crippen LogP contribution is -2.57. The Morgan fingerprint density at radius 1 is 1.45 bits per heavy atom. The first-order valence-electron chi connectivity index (χ1n) is 7.09. The molecule has 1 aromatic rings. The van der Waals surface area contributed by atoms with Gasteiger partial charge >= 0.3 is 5.97 Å². The number of hydrogen-bond donors (Lipinski definition) is 1. The number of rotatable bonds is 6. The molecule has 4 nitrogen and oxygen atoms in total. The molecule has 0 aliphatic heterocycles. The van der Waals surface area contributed by atoms with Gasteiger partial charge in [0.2, 0.25) is 0 Å². The monoisotopic (exact) mass is 276 g/mol. The highest BCUT2D eigenvalue weighted by atomic mass is 16.5. The summed E-state index contributed by atoms with van der Waals surface area (Å²) in [5.41, 5.74) is 1.67. The van der Waals surface area contributed by atoms with Gasteiger partial charge in [0, 0.05) is 25.3 Å². The molecule has 1 saturated carbocycles. The van der Waals surface area contributed by atoms with Crippen LogP contribution in [0.5, 0.6) is 0 Å². The zero-order valence-electron chi connectivity index (χ0n) is 12.8. The number of carbonyl (C=O) groups excluding carboxylic acids is 1. The average molecular weight is 276 g/mol. The van der Waals surface area contributed by atoms with Crippen LogP contribution in [0.4, 0.5) is 5.69 Å². The van der Waals surface area contributed by atoms with Gasteiger partial charge in [-0.25, -0.2) is 4.79 Å². The number of para-hydroxylation sites is 1. The number of anilines is 1. The van der Waals surface area contributed by atoms with E-state index in [2.05, 4.69) is 29.3 Å². The van der Waals surface area contributed by atoms with E-state index in [-0.39, 0.29) is 5.97 Å². The summed E-state index contributed by atoms with van der Waals surface area (Å²) >= 11 is 0. The molecule has 1 aliphatic carbocycles. The van der Waals surface area contributed by atoms with E-state index in [1.807, 2.05) is 26.1 Å². The van der Waals surface area contributed by atoms with E-state index in [1.54, 1.807) is 0 Å². The number of carbonyl (C=O) groups is 1. The lowest BCUT2D eigenvalue weighted by Gasteiger charge is -2.34. The van der Waals surface area contributed by atoms with Crippen LogP contribution in [0.1, 0.15) is 25.3 Å². The summed E-state index contributed by atoms with van der Waals surface area (Å²) in [7, 11) is 3.46. The van der Waals surface area contributed by atoms with Gasteiger partial charge in [-0.2, -0.15) is 0 Å². The second kappa shape index (κ2) is 5.83. The highest BCUT2D eigenvalue weighted by molar-refractivity contribution is 5.81. The minimum Gasteiger partial charge on any atom is -0.468 e. The van der Waals surface area contributed by atoms with Crippen LogP contribution >= 0.6 is 0 Å². The summed E-state index contributed by atoms with van der Waals surface area (Å²) in [4.78, 5) is 14.3. The largest absolute Gasteiger partial charge is 0.468 e. The third kappa shape index (κ3) is 3.31. The van der Waals surface area contributed by atoms with Crippen LogP contribution in [0.25, 0.3) is 0 Å². The van der Waals surface area contributed by atoms with Gasteiger partial charge in [-0.1, -0.05) is 18.2 Å². The summed E-state index contributed by atoms with van der Waals surface area (Å²) < 4.78 is 4.98. The minimum absolute atomic E-state index is 0.204. The Kier molecular flexibility index (Phi) is 4.33. The Morgan fingerprint density at radius 3 is 2.65 bits per heavy atom. The van der Waals surface area contributed by atoms with E-state index in [0.29, 0.717) is 12.6 Å². The van der Waals surface area contributed by atoms with Crippen molar-refractivity contribution in [2.45, 2.75) is 38.3 Å². The van der Waals surface area contributed by atoms with E-state index in [0.717, 1.165) is 18.5 Å². The molecule has 0 aromatic heterocycles. The highest BCUT2D eigenvalue weighted by Gasteiger charge is 2.40. The maximum absolute atomic E-state index is 12.1. The molecule has 1 aromatic carbocycles. The molecule has 0 spiro atoms. The van der Waals surface area contributed by atoms with Gasteiger partial charge in [-0.15, -0.1) is 0 Å². The molecule has 1 aliphatic rings. The number of nitrogens with zero attached hydrogens (tertiary/aromatic N) is 1. The minimum atomic E-state index is -0.674. The maximum Gasteiger partial charge on any atom is 0.327 e. The SMILES string of the molecule is COC(=O)C(C)(CN(C)c1ccccc1C)NC1CC1. The number of likely N-dealkylation sites (N-methyl/N-ethyl adjacent to an activating group) is 1. The lowest BCUT2D eigenvalue weighted by molar-refractivity contribution is -0.147. The predicted molar refractivity (Wildman–Crippen MR) is 81.0 cm³/mol. The van der Waals surface area contributed by atoms with Gasteiger partial charge < -0.3 is 9.64 Å². The van der Waals surface area contributed by atoms with Gasteiger partial charge in [0.05, 0.1) is 7.11 Å². The van der Waals surface area contributed by atoms with Crippen molar-refractivity contribution in [1.82, 2.24) is 5.32 Å². The van der Waals surface area contributed by atoms with Crippen molar-refractivity contribution in [1.29, 1.82) is 0 Å². The van der Waals surface area contributed by atoms with E-state index in [4.69, 9.17) is 4.74 Å². The molecular formula is C16H24N2O2. The number of ether oxygens (including phenoxy) is 1. The zero-order valence-corrected chi connectivity index (χ0v) is 12.8. The zero-order chi connectivity index (χ0) is 14.8. The lowest BCUT2D eigenvalue weighted by atomic mass is 10.0. The Bertz CT molecular complexity index is 485.